The average Bonchev–Trinajstić information content (AvgIpc) is 4.15. The van der Waals surface area contributed by atoms with E-state index < -0.39 is 23.9 Å². The number of benzene rings is 1. The minimum atomic E-state index is -2.86. The first-order chi connectivity index (χ1) is 31.1. The fraction of sp³-hybridized carbons (Fsp3) is 0.543. The lowest BCUT2D eigenvalue weighted by molar-refractivity contribution is -0.134. The van der Waals surface area contributed by atoms with Gasteiger partial charge in [-0.05, 0) is 83.3 Å². The molecule has 1 aromatic carbocycles. The topological polar surface area (TPSA) is 166 Å². The molecule has 16 nitrogen and oxygen atoms in total. The molecule has 2 bridgehead atoms. The maximum absolute atomic E-state index is 14.3. The molecule has 8 heterocycles. The zero-order valence-corrected chi connectivity index (χ0v) is 36.1. The maximum atomic E-state index is 14.3. The maximum Gasteiger partial charge on any atom is 0.284 e. The number of nitrogens with zero attached hydrogens (tertiary/aromatic N) is 9. The number of aromatic nitrogens is 7. The largest absolute Gasteiger partial charge is 0.374 e. The minimum Gasteiger partial charge on any atom is -0.374 e. The van der Waals surface area contributed by atoms with Crippen molar-refractivity contribution in [2.24, 2.45) is 5.92 Å². The molecule has 1 unspecified atom stereocenters. The number of likely N-dealkylation sites (tertiary alicyclic amines) is 1. The van der Waals surface area contributed by atoms with Crippen LogP contribution < -0.4 is 15.5 Å². The van der Waals surface area contributed by atoms with E-state index in [1.165, 1.54) is 10.7 Å². The second kappa shape index (κ2) is 17.7. The summed E-state index contributed by atoms with van der Waals surface area (Å²) < 4.78 is 45.6. The summed E-state index contributed by atoms with van der Waals surface area (Å²) in [5.74, 6) is 6.16. The normalized spacial score (nSPS) is 24.3. The molecule has 5 aliphatic rings. The lowest BCUT2D eigenvalue weighted by Crippen LogP contribution is -2.40. The van der Waals surface area contributed by atoms with Gasteiger partial charge in [-0.2, -0.15) is 15.3 Å². The van der Waals surface area contributed by atoms with Crippen LogP contribution in [0.5, 0.6) is 0 Å². The highest BCUT2D eigenvalue weighted by Gasteiger charge is 2.40. The van der Waals surface area contributed by atoms with Gasteiger partial charge in [-0.1, -0.05) is 24.0 Å². The van der Waals surface area contributed by atoms with Crippen molar-refractivity contribution in [2.75, 3.05) is 49.6 Å². The zero-order chi connectivity index (χ0) is 44.1. The summed E-state index contributed by atoms with van der Waals surface area (Å²) in [5, 5.41) is 19.5. The van der Waals surface area contributed by atoms with Gasteiger partial charge in [0.1, 0.15) is 18.0 Å². The van der Waals surface area contributed by atoms with Crippen LogP contribution in [0.15, 0.2) is 42.9 Å². The van der Waals surface area contributed by atoms with E-state index in [0.29, 0.717) is 43.3 Å². The third-order valence-corrected chi connectivity index (χ3v) is 13.7. The van der Waals surface area contributed by atoms with Crippen LogP contribution in [-0.4, -0.2) is 114 Å². The van der Waals surface area contributed by atoms with Gasteiger partial charge in [0, 0.05) is 56.4 Å². The van der Waals surface area contributed by atoms with E-state index in [-0.39, 0.29) is 53.4 Å². The lowest BCUT2D eigenvalue weighted by Gasteiger charge is -2.36. The Morgan fingerprint density at radius 2 is 1.88 bits per heavy atom. The summed E-state index contributed by atoms with van der Waals surface area (Å²) in [6.45, 7) is 8.64. The number of ether oxygens (including phenoxy) is 2. The van der Waals surface area contributed by atoms with Crippen molar-refractivity contribution in [1.29, 1.82) is 0 Å². The number of hydrogen-bond acceptors (Lipinski definition) is 11. The van der Waals surface area contributed by atoms with Gasteiger partial charge < -0.3 is 24.6 Å². The summed E-state index contributed by atoms with van der Waals surface area (Å²) in [5.41, 5.74) is 2.50. The first-order valence-corrected chi connectivity index (χ1v) is 22.6. The van der Waals surface area contributed by atoms with Crippen LogP contribution in [0.2, 0.25) is 0 Å². The van der Waals surface area contributed by atoms with E-state index in [2.05, 4.69) is 42.5 Å². The van der Waals surface area contributed by atoms with Gasteiger partial charge in [0.15, 0.2) is 11.3 Å². The highest BCUT2D eigenvalue weighted by molar-refractivity contribution is 6.08. The zero-order valence-electron chi connectivity index (χ0n) is 36.1. The van der Waals surface area contributed by atoms with Gasteiger partial charge >= 0.3 is 0 Å². The van der Waals surface area contributed by atoms with Crippen molar-refractivity contribution in [3.8, 4) is 11.8 Å². The van der Waals surface area contributed by atoms with Crippen LogP contribution in [0, 0.1) is 17.8 Å². The molecule has 10 rings (SSSR count). The SMILES string of the molecule is CC(C)n1nc(C2CCC(=O)NC2=O)c2cccc(C#CCOC3CCN(CC4CCC(n5cc(NC(=O)c6cnn7ccc(N8C[C@@H]9C[C@H]8CO9)nc67)c(C(F)F)n5)CC4)CC3)c21. The van der Waals surface area contributed by atoms with Crippen molar-refractivity contribution in [3.63, 3.8) is 0 Å². The molecule has 3 atom stereocenters. The standard InChI is InChI=1S/C46H53F2N11O5/c1-27(2)59-42-29(5-3-7-34(42)40(54-59)35-12-13-39(60)52-45(35)61)6-4-20-63-32-14-17-55(18-15-32)23-28-8-10-30(11-9-28)58-25-37(41(53-58)43(47)48)50-46(62)36-22-49-57-19-16-38(51-44(36)57)56-24-33-21-31(56)26-64-33/h3,5,7,16,19,22,25,27-28,30-33,35,43H,8-15,17-18,20-21,23-24,26H2,1-2H3,(H,50,62)(H,52,60,61)/t28?,30?,31-,33-,35?/m0/s1. The average molecular weight is 878 g/mol. The number of hydrogen-bond donors (Lipinski definition) is 2. The molecule has 1 aliphatic carbocycles. The molecular formula is C46H53F2N11O5. The van der Waals surface area contributed by atoms with Gasteiger partial charge in [0.25, 0.3) is 12.3 Å². The molecule has 4 saturated heterocycles. The number of carbonyl (C=O) groups excluding carboxylic acids is 3. The van der Waals surface area contributed by atoms with Crippen LogP contribution in [0.25, 0.3) is 16.6 Å². The molecule has 18 heteroatoms. The van der Waals surface area contributed by atoms with Crippen molar-refractivity contribution < 1.29 is 32.6 Å². The summed E-state index contributed by atoms with van der Waals surface area (Å²) in [4.78, 5) is 47.5. The highest BCUT2D eigenvalue weighted by Crippen LogP contribution is 2.37. The number of rotatable bonds is 11. The number of imide groups is 1. The number of halogens is 2. The number of nitrogens with one attached hydrogen (secondary N) is 2. The molecule has 64 heavy (non-hydrogen) atoms. The van der Waals surface area contributed by atoms with Crippen molar-refractivity contribution in [2.45, 2.75) is 114 Å². The van der Waals surface area contributed by atoms with Crippen LogP contribution in [-0.2, 0) is 19.1 Å². The van der Waals surface area contributed by atoms with E-state index in [1.807, 2.05) is 42.8 Å². The molecule has 5 fully saturated rings. The molecule has 0 radical (unpaired) electrons. The van der Waals surface area contributed by atoms with E-state index in [0.717, 1.165) is 93.4 Å². The predicted molar refractivity (Wildman–Crippen MR) is 232 cm³/mol. The second-order valence-electron chi connectivity index (χ2n) is 18.2. The van der Waals surface area contributed by atoms with Gasteiger partial charge in [-0.25, -0.2) is 18.3 Å². The summed E-state index contributed by atoms with van der Waals surface area (Å²) in [6, 6.07) is 7.99. The van der Waals surface area contributed by atoms with E-state index >= 15 is 0 Å². The van der Waals surface area contributed by atoms with E-state index in [1.54, 1.807) is 17.1 Å². The number of para-hydroxylation sites is 1. The minimum absolute atomic E-state index is 0.000678. The Bertz CT molecular complexity index is 2630. The number of fused-ring (bicyclic) bond motifs is 4. The van der Waals surface area contributed by atoms with E-state index in [4.69, 9.17) is 19.6 Å². The van der Waals surface area contributed by atoms with Crippen molar-refractivity contribution in [1.82, 2.24) is 44.4 Å². The molecule has 4 aromatic heterocycles. The molecule has 1 saturated carbocycles. The third-order valence-electron chi connectivity index (χ3n) is 13.7. The number of morpholine rings is 1. The Morgan fingerprint density at radius 3 is 2.61 bits per heavy atom. The fourth-order valence-electron chi connectivity index (χ4n) is 10.3. The summed E-state index contributed by atoms with van der Waals surface area (Å²) in [6.07, 6.45) is 9.23. The van der Waals surface area contributed by atoms with E-state index in [9.17, 15) is 23.2 Å². The quantitative estimate of drug-likeness (QED) is 0.122. The molecule has 4 aliphatic heterocycles. The first kappa shape index (κ1) is 42.2. The van der Waals surface area contributed by atoms with Crippen LogP contribution in [0.1, 0.15) is 123 Å². The Kier molecular flexibility index (Phi) is 11.6. The molecular weight excluding hydrogens is 825 g/mol. The Hall–Kier alpha value is -5.77. The Labute approximate surface area is 369 Å². The van der Waals surface area contributed by atoms with Gasteiger partial charge in [-0.3, -0.25) is 29.1 Å². The Morgan fingerprint density at radius 1 is 1.05 bits per heavy atom. The molecule has 336 valence electrons. The number of carbonyl (C=O) groups is 3. The summed E-state index contributed by atoms with van der Waals surface area (Å²) in [7, 11) is 0. The molecule has 2 N–H and O–H groups in total. The van der Waals surface area contributed by atoms with Crippen LogP contribution >= 0.6 is 0 Å². The first-order valence-electron chi connectivity index (χ1n) is 22.6. The van der Waals surface area contributed by atoms with Gasteiger partial charge in [-0.15, -0.1) is 0 Å². The third kappa shape index (κ3) is 8.36. The number of piperidine rings is 2. The summed E-state index contributed by atoms with van der Waals surface area (Å²) >= 11 is 0. The molecule has 0 spiro atoms. The smallest absolute Gasteiger partial charge is 0.284 e. The number of alkyl halides is 2. The number of anilines is 2. The van der Waals surface area contributed by atoms with Crippen LogP contribution in [0.4, 0.5) is 20.3 Å². The highest BCUT2D eigenvalue weighted by atomic mass is 19.3. The van der Waals surface area contributed by atoms with Crippen molar-refractivity contribution in [3.05, 3.63) is 65.4 Å². The van der Waals surface area contributed by atoms with Gasteiger partial charge in [0.05, 0.1) is 65.5 Å². The fourth-order valence-corrected chi connectivity index (χ4v) is 10.3. The monoisotopic (exact) mass is 877 g/mol. The lowest BCUT2D eigenvalue weighted by atomic mass is 9.85. The van der Waals surface area contributed by atoms with Gasteiger partial charge in [0.2, 0.25) is 11.8 Å². The molecule has 5 aromatic rings. The molecule has 3 amide bonds. The van der Waals surface area contributed by atoms with Crippen molar-refractivity contribution >= 4 is 45.8 Å². The van der Waals surface area contributed by atoms with Crippen LogP contribution in [0.3, 0.4) is 0 Å². The number of amides is 3. The Balaban J connectivity index is 0.702. The predicted octanol–water partition coefficient (Wildman–Crippen LogP) is 5.81. The second-order valence-corrected chi connectivity index (χ2v) is 18.2.